The van der Waals surface area contributed by atoms with E-state index in [1.54, 1.807) is 0 Å². The molecule has 1 rings (SSSR count). The maximum atomic E-state index is 4.20. The minimum Gasteiger partial charge on any atom is -0.368 e. The summed E-state index contributed by atoms with van der Waals surface area (Å²) in [5, 5.41) is 7.64. The molecule has 1 atom stereocenters. The molecule has 0 bridgehead atoms. The van der Waals surface area contributed by atoms with Crippen molar-refractivity contribution < 1.29 is 0 Å². The lowest BCUT2D eigenvalue weighted by molar-refractivity contribution is 0.549. The summed E-state index contributed by atoms with van der Waals surface area (Å²) in [5.74, 6) is 1.75. The summed E-state index contributed by atoms with van der Waals surface area (Å²) in [6.07, 6.45) is 1.83. The van der Waals surface area contributed by atoms with Crippen molar-refractivity contribution in [2.75, 3.05) is 5.32 Å². The minimum atomic E-state index is 0.488. The van der Waals surface area contributed by atoms with Gasteiger partial charge in [0.1, 0.15) is 5.82 Å². The maximum absolute atomic E-state index is 4.20. The lowest BCUT2D eigenvalue weighted by Crippen LogP contribution is -2.23. The Morgan fingerprint density at radius 1 is 1.46 bits per heavy atom. The van der Waals surface area contributed by atoms with Crippen molar-refractivity contribution in [1.82, 2.24) is 9.78 Å². The Bertz CT molecular complexity index is 252. The van der Waals surface area contributed by atoms with E-state index in [2.05, 4.69) is 38.1 Å². The summed E-state index contributed by atoms with van der Waals surface area (Å²) in [6, 6.07) is 2.50. The molecule has 3 nitrogen and oxygen atoms in total. The number of aryl methyl sites for hydroxylation is 1. The molecule has 0 spiro atoms. The van der Waals surface area contributed by atoms with E-state index >= 15 is 0 Å². The summed E-state index contributed by atoms with van der Waals surface area (Å²) in [7, 11) is 0. The van der Waals surface area contributed by atoms with Gasteiger partial charge in [-0.05, 0) is 19.8 Å². The first-order chi connectivity index (χ1) is 6.15. The standard InChI is InChI=1S/C10H19N3/c1-5-13-10(6-7-11-13)12-9(4)8(2)3/h6-9,12H,5H2,1-4H3. The zero-order valence-electron chi connectivity index (χ0n) is 8.91. The van der Waals surface area contributed by atoms with E-state index in [0.717, 1.165) is 12.4 Å². The molecular weight excluding hydrogens is 162 g/mol. The predicted octanol–water partition coefficient (Wildman–Crippen LogP) is 2.36. The second kappa shape index (κ2) is 4.30. The van der Waals surface area contributed by atoms with Crippen LogP contribution in [0.1, 0.15) is 27.7 Å². The quantitative estimate of drug-likeness (QED) is 0.772. The molecular formula is C10H19N3. The molecule has 0 aliphatic carbocycles. The van der Waals surface area contributed by atoms with Gasteiger partial charge in [-0.25, -0.2) is 0 Å². The van der Waals surface area contributed by atoms with E-state index in [-0.39, 0.29) is 0 Å². The Hall–Kier alpha value is -0.990. The molecule has 74 valence electrons. The molecule has 1 aromatic rings. The first kappa shape index (κ1) is 10.1. The zero-order chi connectivity index (χ0) is 9.84. The van der Waals surface area contributed by atoms with E-state index in [1.165, 1.54) is 0 Å². The molecule has 1 N–H and O–H groups in total. The van der Waals surface area contributed by atoms with Crippen LogP contribution >= 0.6 is 0 Å². The molecule has 0 fully saturated rings. The Balaban J connectivity index is 2.62. The fourth-order valence-corrected chi connectivity index (χ4v) is 1.11. The van der Waals surface area contributed by atoms with E-state index in [4.69, 9.17) is 0 Å². The first-order valence-corrected chi connectivity index (χ1v) is 4.93. The number of nitrogens with one attached hydrogen (secondary N) is 1. The van der Waals surface area contributed by atoms with Gasteiger partial charge in [0.15, 0.2) is 0 Å². The van der Waals surface area contributed by atoms with Crippen LogP contribution in [0.15, 0.2) is 12.3 Å². The number of rotatable bonds is 4. The van der Waals surface area contributed by atoms with Crippen molar-refractivity contribution in [3.8, 4) is 0 Å². The average molecular weight is 181 g/mol. The van der Waals surface area contributed by atoms with Crippen LogP contribution in [0.4, 0.5) is 5.82 Å². The third kappa shape index (κ3) is 2.47. The van der Waals surface area contributed by atoms with Gasteiger partial charge in [-0.1, -0.05) is 13.8 Å². The molecule has 0 saturated carbocycles. The Kier molecular flexibility index (Phi) is 3.34. The zero-order valence-corrected chi connectivity index (χ0v) is 8.91. The smallest absolute Gasteiger partial charge is 0.124 e. The second-order valence-corrected chi connectivity index (χ2v) is 3.71. The molecule has 0 saturated heterocycles. The second-order valence-electron chi connectivity index (χ2n) is 3.71. The van der Waals surface area contributed by atoms with Gasteiger partial charge in [-0.15, -0.1) is 0 Å². The van der Waals surface area contributed by atoms with Gasteiger partial charge in [0.25, 0.3) is 0 Å². The summed E-state index contributed by atoms with van der Waals surface area (Å²) in [4.78, 5) is 0. The molecule has 1 aromatic heterocycles. The Morgan fingerprint density at radius 2 is 2.15 bits per heavy atom. The van der Waals surface area contributed by atoms with Crippen molar-refractivity contribution in [3.05, 3.63) is 12.3 Å². The third-order valence-electron chi connectivity index (χ3n) is 2.39. The maximum Gasteiger partial charge on any atom is 0.124 e. The lowest BCUT2D eigenvalue weighted by atomic mass is 10.1. The van der Waals surface area contributed by atoms with Crippen LogP contribution in [0, 0.1) is 5.92 Å². The number of hydrogen-bond donors (Lipinski definition) is 1. The van der Waals surface area contributed by atoms with Crippen LogP contribution in [-0.2, 0) is 6.54 Å². The summed E-state index contributed by atoms with van der Waals surface area (Å²) in [5.41, 5.74) is 0. The number of hydrogen-bond acceptors (Lipinski definition) is 2. The Morgan fingerprint density at radius 3 is 2.69 bits per heavy atom. The molecule has 0 aliphatic rings. The highest BCUT2D eigenvalue weighted by atomic mass is 15.3. The molecule has 0 aliphatic heterocycles. The van der Waals surface area contributed by atoms with Crippen molar-refractivity contribution in [3.63, 3.8) is 0 Å². The SMILES string of the molecule is CCn1nccc1NC(C)C(C)C. The predicted molar refractivity (Wildman–Crippen MR) is 55.8 cm³/mol. The summed E-state index contributed by atoms with van der Waals surface area (Å²) >= 11 is 0. The highest BCUT2D eigenvalue weighted by Gasteiger charge is 2.08. The van der Waals surface area contributed by atoms with Crippen LogP contribution in [0.2, 0.25) is 0 Å². The normalized spacial score (nSPS) is 13.3. The van der Waals surface area contributed by atoms with E-state index < -0.39 is 0 Å². The highest BCUT2D eigenvalue weighted by molar-refractivity contribution is 5.34. The third-order valence-corrected chi connectivity index (χ3v) is 2.39. The number of anilines is 1. The van der Waals surface area contributed by atoms with Gasteiger partial charge >= 0.3 is 0 Å². The molecule has 13 heavy (non-hydrogen) atoms. The van der Waals surface area contributed by atoms with E-state index in [1.807, 2.05) is 16.9 Å². The molecule has 3 heteroatoms. The van der Waals surface area contributed by atoms with Crippen molar-refractivity contribution in [2.24, 2.45) is 5.92 Å². The van der Waals surface area contributed by atoms with Gasteiger partial charge in [0.2, 0.25) is 0 Å². The average Bonchev–Trinajstić information content (AvgIpc) is 2.51. The van der Waals surface area contributed by atoms with Crippen LogP contribution < -0.4 is 5.32 Å². The van der Waals surface area contributed by atoms with Crippen LogP contribution in [0.5, 0.6) is 0 Å². The summed E-state index contributed by atoms with van der Waals surface area (Å²) in [6.45, 7) is 9.63. The molecule has 0 radical (unpaired) electrons. The van der Waals surface area contributed by atoms with Crippen molar-refractivity contribution in [1.29, 1.82) is 0 Å². The topological polar surface area (TPSA) is 29.9 Å². The number of aromatic nitrogens is 2. The van der Waals surface area contributed by atoms with Gasteiger partial charge in [0.05, 0.1) is 6.20 Å². The van der Waals surface area contributed by atoms with Gasteiger partial charge in [-0.2, -0.15) is 5.10 Å². The largest absolute Gasteiger partial charge is 0.368 e. The molecule has 0 amide bonds. The minimum absolute atomic E-state index is 0.488. The Labute approximate surface area is 80.1 Å². The fourth-order valence-electron chi connectivity index (χ4n) is 1.11. The van der Waals surface area contributed by atoms with E-state index in [9.17, 15) is 0 Å². The first-order valence-electron chi connectivity index (χ1n) is 4.93. The molecule has 0 aromatic carbocycles. The van der Waals surface area contributed by atoms with E-state index in [0.29, 0.717) is 12.0 Å². The van der Waals surface area contributed by atoms with Gasteiger partial charge in [-0.3, -0.25) is 4.68 Å². The highest BCUT2D eigenvalue weighted by Crippen LogP contribution is 2.11. The molecule has 1 heterocycles. The van der Waals surface area contributed by atoms with Crippen molar-refractivity contribution >= 4 is 5.82 Å². The van der Waals surface area contributed by atoms with Crippen molar-refractivity contribution in [2.45, 2.75) is 40.3 Å². The fraction of sp³-hybridized carbons (Fsp3) is 0.700. The van der Waals surface area contributed by atoms with Gasteiger partial charge in [0, 0.05) is 18.7 Å². The van der Waals surface area contributed by atoms with Crippen LogP contribution in [0.25, 0.3) is 0 Å². The molecule has 1 unspecified atom stereocenters. The van der Waals surface area contributed by atoms with Gasteiger partial charge < -0.3 is 5.32 Å². The van der Waals surface area contributed by atoms with Crippen LogP contribution in [-0.4, -0.2) is 15.8 Å². The number of nitrogens with zero attached hydrogens (tertiary/aromatic N) is 2. The lowest BCUT2D eigenvalue weighted by Gasteiger charge is -2.18. The summed E-state index contributed by atoms with van der Waals surface area (Å²) < 4.78 is 1.97. The monoisotopic (exact) mass is 181 g/mol. The van der Waals surface area contributed by atoms with Crippen LogP contribution in [0.3, 0.4) is 0 Å².